The van der Waals surface area contributed by atoms with E-state index in [9.17, 15) is 4.79 Å². The number of rotatable bonds is 0. The molecule has 2 nitrogen and oxygen atoms in total. The van der Waals surface area contributed by atoms with Gasteiger partial charge in [-0.05, 0) is 68.1 Å². The van der Waals surface area contributed by atoms with Crippen molar-refractivity contribution in [3.63, 3.8) is 0 Å². The number of fused-ring (bicyclic) bond motifs is 14. The zero-order chi connectivity index (χ0) is 28.7. The van der Waals surface area contributed by atoms with Crippen molar-refractivity contribution in [1.29, 1.82) is 0 Å². The van der Waals surface area contributed by atoms with Crippen LogP contribution in [-0.2, 0) is 10.8 Å². The van der Waals surface area contributed by atoms with Gasteiger partial charge in [-0.25, -0.2) is 0 Å². The number of hydrogen-bond donors (Lipinski definition) is 0. The Morgan fingerprint density at radius 1 is 0.465 bits per heavy atom. The van der Waals surface area contributed by atoms with Crippen LogP contribution in [0, 0.1) is 0 Å². The summed E-state index contributed by atoms with van der Waals surface area (Å²) >= 11 is 0. The molecule has 6 aromatic carbocycles. The third kappa shape index (κ3) is 2.53. The van der Waals surface area contributed by atoms with Crippen molar-refractivity contribution in [2.75, 3.05) is 0 Å². The normalized spacial score (nSPS) is 15.7. The van der Waals surface area contributed by atoms with E-state index in [2.05, 4.69) is 123 Å². The predicted molar refractivity (Wildman–Crippen MR) is 177 cm³/mol. The van der Waals surface area contributed by atoms with Gasteiger partial charge in [-0.3, -0.25) is 9.20 Å². The van der Waals surface area contributed by atoms with Gasteiger partial charge in [-0.1, -0.05) is 123 Å². The maximum absolute atomic E-state index is 14.3. The fourth-order valence-electron chi connectivity index (χ4n) is 8.85. The van der Waals surface area contributed by atoms with E-state index in [0.29, 0.717) is 0 Å². The van der Waals surface area contributed by atoms with Crippen LogP contribution in [-0.4, -0.2) is 4.40 Å². The molecule has 2 aromatic heterocycles. The Morgan fingerprint density at radius 2 is 1.00 bits per heavy atom. The summed E-state index contributed by atoms with van der Waals surface area (Å²) in [6.45, 7) is 4.72. The molecule has 8 aromatic rings. The standard InChI is InChI=1S/C41H27NO/c1-40(2)33-20-9-10-21-34(33)41(31-18-7-5-13-25(31)26-14-6-8-19-32(26)41)36-23-37-30(22-35(36)40)28-17-11-16-27-24-12-3-4-15-29(24)39(43)42(37)38(27)28/h3-23H,1-2H3. The fraction of sp³-hybridized carbons (Fsp3) is 0.0976. The van der Waals surface area contributed by atoms with Crippen molar-refractivity contribution in [3.05, 3.63) is 171 Å². The van der Waals surface area contributed by atoms with E-state index in [1.807, 2.05) is 22.6 Å². The Balaban J connectivity index is 1.48. The number of aromatic nitrogens is 1. The monoisotopic (exact) mass is 549 g/mol. The first-order valence-electron chi connectivity index (χ1n) is 15.1. The van der Waals surface area contributed by atoms with Crippen molar-refractivity contribution in [3.8, 4) is 11.1 Å². The summed E-state index contributed by atoms with van der Waals surface area (Å²) in [4.78, 5) is 14.3. The summed E-state index contributed by atoms with van der Waals surface area (Å²) in [5.74, 6) is 0. The van der Waals surface area contributed by atoms with Crippen molar-refractivity contribution < 1.29 is 0 Å². The molecule has 2 heteroatoms. The summed E-state index contributed by atoms with van der Waals surface area (Å²) in [5, 5.41) is 5.17. The Labute approximate surface area is 248 Å². The lowest BCUT2D eigenvalue weighted by atomic mass is 9.55. The maximum Gasteiger partial charge on any atom is 0.263 e. The molecule has 0 saturated heterocycles. The molecule has 0 N–H and O–H groups in total. The highest BCUT2D eigenvalue weighted by Crippen LogP contribution is 2.62. The van der Waals surface area contributed by atoms with Gasteiger partial charge >= 0.3 is 0 Å². The molecule has 0 radical (unpaired) electrons. The molecule has 0 saturated carbocycles. The molecule has 0 amide bonds. The van der Waals surface area contributed by atoms with E-state index in [4.69, 9.17) is 0 Å². The second-order valence-corrected chi connectivity index (χ2v) is 12.8. The second kappa shape index (κ2) is 7.59. The quantitative estimate of drug-likeness (QED) is 0.173. The van der Waals surface area contributed by atoms with E-state index in [0.717, 1.165) is 38.0 Å². The first kappa shape index (κ1) is 23.4. The lowest BCUT2D eigenvalue weighted by Gasteiger charge is -2.46. The smallest absolute Gasteiger partial charge is 0.263 e. The molecule has 0 fully saturated rings. The average Bonchev–Trinajstić information content (AvgIpc) is 3.54. The van der Waals surface area contributed by atoms with Gasteiger partial charge in [0.2, 0.25) is 0 Å². The Kier molecular flexibility index (Phi) is 4.12. The van der Waals surface area contributed by atoms with E-state index in [-0.39, 0.29) is 11.0 Å². The van der Waals surface area contributed by atoms with Crippen LogP contribution in [0.25, 0.3) is 49.1 Å². The molecule has 0 atom stereocenters. The van der Waals surface area contributed by atoms with Crippen molar-refractivity contribution >= 4 is 38.0 Å². The van der Waals surface area contributed by atoms with Gasteiger partial charge in [0.15, 0.2) is 0 Å². The SMILES string of the molecule is CC1(C)c2ccccc2C2(c3ccccc3-c3ccccc32)c2cc3c(cc21)c1cccc2c4ccccc4c(=O)n3c21. The van der Waals surface area contributed by atoms with Gasteiger partial charge in [0.05, 0.1) is 16.4 Å². The molecular formula is C41H27NO. The maximum atomic E-state index is 14.3. The third-order valence-electron chi connectivity index (χ3n) is 10.6. The van der Waals surface area contributed by atoms with Crippen LogP contribution in [0.3, 0.4) is 0 Å². The van der Waals surface area contributed by atoms with E-state index < -0.39 is 5.41 Å². The summed E-state index contributed by atoms with van der Waals surface area (Å²) in [7, 11) is 0. The first-order chi connectivity index (χ1) is 21.0. The number of para-hydroxylation sites is 1. The minimum Gasteiger partial charge on any atom is -0.275 e. The number of hydrogen-bond acceptors (Lipinski definition) is 1. The summed E-state index contributed by atoms with van der Waals surface area (Å²) < 4.78 is 2.00. The van der Waals surface area contributed by atoms with E-state index in [1.54, 1.807) is 0 Å². The Bertz CT molecular complexity index is 2520. The highest BCUT2D eigenvalue weighted by molar-refractivity contribution is 6.20. The van der Waals surface area contributed by atoms with Crippen LogP contribution in [0.15, 0.2) is 132 Å². The van der Waals surface area contributed by atoms with Gasteiger partial charge in [0, 0.05) is 27.0 Å². The molecule has 2 heterocycles. The van der Waals surface area contributed by atoms with E-state index >= 15 is 0 Å². The van der Waals surface area contributed by atoms with Gasteiger partial charge < -0.3 is 0 Å². The largest absolute Gasteiger partial charge is 0.275 e. The molecule has 2 aliphatic carbocycles. The van der Waals surface area contributed by atoms with E-state index in [1.165, 1.54) is 44.5 Å². The Morgan fingerprint density at radius 3 is 1.70 bits per heavy atom. The van der Waals surface area contributed by atoms with Gasteiger partial charge in [-0.2, -0.15) is 0 Å². The van der Waals surface area contributed by atoms with Gasteiger partial charge in [0.1, 0.15) is 0 Å². The number of benzene rings is 6. The van der Waals surface area contributed by atoms with Crippen molar-refractivity contribution in [2.45, 2.75) is 24.7 Å². The molecule has 0 aliphatic heterocycles. The van der Waals surface area contributed by atoms with Crippen LogP contribution >= 0.6 is 0 Å². The number of nitrogens with zero attached hydrogens (tertiary/aromatic N) is 1. The van der Waals surface area contributed by atoms with Crippen LogP contribution in [0.5, 0.6) is 0 Å². The topological polar surface area (TPSA) is 21.5 Å². The van der Waals surface area contributed by atoms with Gasteiger partial charge in [-0.15, -0.1) is 0 Å². The zero-order valence-electron chi connectivity index (χ0n) is 24.0. The minimum absolute atomic E-state index is 0.0472. The molecule has 0 unspecified atom stereocenters. The molecule has 202 valence electrons. The third-order valence-corrected chi connectivity index (χ3v) is 10.6. The molecule has 2 aliphatic rings. The molecule has 1 spiro atoms. The van der Waals surface area contributed by atoms with Crippen LogP contribution in [0.2, 0.25) is 0 Å². The van der Waals surface area contributed by atoms with Gasteiger partial charge in [0.25, 0.3) is 5.56 Å². The predicted octanol–water partition coefficient (Wildman–Crippen LogP) is 9.20. The fourth-order valence-corrected chi connectivity index (χ4v) is 8.85. The zero-order valence-corrected chi connectivity index (χ0v) is 24.0. The summed E-state index contributed by atoms with van der Waals surface area (Å²) in [6, 6.07) is 46.2. The highest BCUT2D eigenvalue weighted by Gasteiger charge is 2.53. The molecule has 43 heavy (non-hydrogen) atoms. The van der Waals surface area contributed by atoms with Crippen LogP contribution < -0.4 is 5.56 Å². The molecule has 0 bridgehead atoms. The number of pyridine rings is 1. The average molecular weight is 550 g/mol. The summed E-state index contributed by atoms with van der Waals surface area (Å²) in [5.41, 5.74) is 11.8. The minimum atomic E-state index is -0.488. The molecular weight excluding hydrogens is 522 g/mol. The second-order valence-electron chi connectivity index (χ2n) is 12.8. The summed E-state index contributed by atoms with van der Waals surface area (Å²) in [6.07, 6.45) is 0. The van der Waals surface area contributed by atoms with Crippen LogP contribution in [0.4, 0.5) is 0 Å². The lowest BCUT2D eigenvalue weighted by Crippen LogP contribution is -2.40. The van der Waals surface area contributed by atoms with Crippen LogP contribution in [0.1, 0.15) is 47.2 Å². The first-order valence-corrected chi connectivity index (χ1v) is 15.1. The molecule has 10 rings (SSSR count). The van der Waals surface area contributed by atoms with Crippen molar-refractivity contribution in [2.24, 2.45) is 0 Å². The lowest BCUT2D eigenvalue weighted by molar-refractivity contribution is 0.564. The Hall–Kier alpha value is -5.21. The van der Waals surface area contributed by atoms with Crippen molar-refractivity contribution in [1.82, 2.24) is 4.40 Å². The highest BCUT2D eigenvalue weighted by atomic mass is 16.1.